The Morgan fingerprint density at radius 3 is 2.18 bits per heavy atom. The summed E-state index contributed by atoms with van der Waals surface area (Å²) in [5.41, 5.74) is 3.17. The van der Waals surface area contributed by atoms with E-state index in [2.05, 4.69) is 31.1 Å². The molecule has 0 saturated heterocycles. The molecule has 0 N–H and O–H groups in total. The molecule has 92 valence electrons. The van der Waals surface area contributed by atoms with Gasteiger partial charge in [0.05, 0.1) is 5.56 Å². The third-order valence-corrected chi connectivity index (χ3v) is 3.62. The summed E-state index contributed by atoms with van der Waals surface area (Å²) in [5, 5.41) is 0. The normalized spacial score (nSPS) is 11.9. The first-order valence-electron chi connectivity index (χ1n) is 4.99. The van der Waals surface area contributed by atoms with Crippen LogP contribution in [0.2, 0.25) is 19.6 Å². The second kappa shape index (κ2) is 5.02. The van der Waals surface area contributed by atoms with Crippen LogP contribution in [0.1, 0.15) is 11.1 Å². The van der Waals surface area contributed by atoms with E-state index in [1.165, 1.54) is 12.1 Å². The molecule has 0 aliphatic heterocycles. The Kier molecular flexibility index (Phi) is 4.31. The monoisotopic (exact) mass is 368 g/mol. The Morgan fingerprint density at radius 2 is 1.76 bits per heavy atom. The molecule has 0 nitrogen and oxygen atoms in total. The van der Waals surface area contributed by atoms with Crippen molar-refractivity contribution in [2.75, 3.05) is 0 Å². The summed E-state index contributed by atoms with van der Waals surface area (Å²) in [6.45, 7) is 6.28. The molecule has 0 spiro atoms. The maximum absolute atomic E-state index is 12.5. The van der Waals surface area contributed by atoms with Gasteiger partial charge in [-0.3, -0.25) is 0 Å². The van der Waals surface area contributed by atoms with E-state index in [9.17, 15) is 13.2 Å². The van der Waals surface area contributed by atoms with Crippen LogP contribution in [-0.4, -0.2) is 8.07 Å². The molecule has 0 atom stereocenters. The molecule has 0 aliphatic carbocycles. The first kappa shape index (κ1) is 14.6. The molecule has 1 rings (SSSR count). The minimum Gasteiger partial charge on any atom is -0.166 e. The highest BCUT2D eigenvalue weighted by molar-refractivity contribution is 14.1. The molecule has 0 radical (unpaired) electrons. The topological polar surface area (TPSA) is 0 Å². The van der Waals surface area contributed by atoms with Crippen molar-refractivity contribution < 1.29 is 13.2 Å². The summed E-state index contributed by atoms with van der Waals surface area (Å²) < 4.78 is 37.8. The maximum Gasteiger partial charge on any atom is 0.417 e. The second-order valence-corrected chi connectivity index (χ2v) is 10.6. The molecule has 0 amide bonds. The maximum atomic E-state index is 12.5. The molecule has 1 aromatic carbocycles. The summed E-state index contributed by atoms with van der Waals surface area (Å²) in [4.78, 5) is 0. The highest BCUT2D eigenvalue weighted by Gasteiger charge is 2.32. The number of alkyl halides is 3. The van der Waals surface area contributed by atoms with Gasteiger partial charge in [0.1, 0.15) is 8.07 Å². The second-order valence-electron chi connectivity index (χ2n) is 4.69. The molecule has 0 bridgehead atoms. The van der Waals surface area contributed by atoms with E-state index in [4.69, 9.17) is 0 Å². The van der Waals surface area contributed by atoms with Crippen molar-refractivity contribution in [2.24, 2.45) is 0 Å². The van der Waals surface area contributed by atoms with Gasteiger partial charge in [0.15, 0.2) is 0 Å². The zero-order valence-corrected chi connectivity index (χ0v) is 12.9. The van der Waals surface area contributed by atoms with E-state index >= 15 is 0 Å². The highest BCUT2D eigenvalue weighted by Crippen LogP contribution is 2.32. The Hall–Kier alpha value is -0.483. The largest absolute Gasteiger partial charge is 0.417 e. The lowest BCUT2D eigenvalue weighted by molar-refractivity contribution is -0.138. The van der Waals surface area contributed by atoms with Crippen molar-refractivity contribution in [3.8, 4) is 11.5 Å². The average molecular weight is 368 g/mol. The number of hydrogen-bond donors (Lipinski definition) is 0. The van der Waals surface area contributed by atoms with E-state index in [0.717, 1.165) is 6.07 Å². The van der Waals surface area contributed by atoms with Crippen molar-refractivity contribution in [3.05, 3.63) is 32.9 Å². The van der Waals surface area contributed by atoms with Crippen LogP contribution in [0.5, 0.6) is 0 Å². The predicted octanol–water partition coefficient (Wildman–Crippen LogP) is 4.54. The highest BCUT2D eigenvalue weighted by atomic mass is 127. The Labute approximate surface area is 114 Å². The molecule has 0 aliphatic rings. The third kappa shape index (κ3) is 4.72. The van der Waals surface area contributed by atoms with Crippen molar-refractivity contribution in [3.63, 3.8) is 0 Å². The molecule has 5 heteroatoms. The van der Waals surface area contributed by atoms with Gasteiger partial charge in [0.2, 0.25) is 0 Å². The fourth-order valence-corrected chi connectivity index (χ4v) is 2.42. The molecule has 17 heavy (non-hydrogen) atoms. The van der Waals surface area contributed by atoms with Crippen LogP contribution in [0.15, 0.2) is 18.2 Å². The summed E-state index contributed by atoms with van der Waals surface area (Å²) in [6, 6.07) is 4.00. The first-order valence-corrected chi connectivity index (χ1v) is 9.57. The van der Waals surface area contributed by atoms with Gasteiger partial charge in [-0.2, -0.15) is 13.2 Å². The molecular weight excluding hydrogens is 356 g/mol. The fraction of sp³-hybridized carbons (Fsp3) is 0.333. The molecule has 1 aromatic rings. The lowest BCUT2D eigenvalue weighted by Gasteiger charge is -2.09. The van der Waals surface area contributed by atoms with Crippen molar-refractivity contribution in [1.82, 2.24) is 0 Å². The van der Waals surface area contributed by atoms with Gasteiger partial charge in [0.25, 0.3) is 0 Å². The minimum absolute atomic E-state index is 0.192. The Bertz CT molecular complexity index is 475. The van der Waals surface area contributed by atoms with Gasteiger partial charge in [-0.05, 0) is 40.8 Å². The van der Waals surface area contributed by atoms with Crippen molar-refractivity contribution in [1.29, 1.82) is 0 Å². The molecule has 0 fully saturated rings. The quantitative estimate of drug-likeness (QED) is 0.358. The average Bonchev–Trinajstić information content (AvgIpc) is 2.11. The van der Waals surface area contributed by atoms with Gasteiger partial charge in [-0.15, -0.1) is 5.54 Å². The van der Waals surface area contributed by atoms with Crippen LogP contribution in [0.3, 0.4) is 0 Å². The van der Waals surface area contributed by atoms with E-state index in [-0.39, 0.29) is 3.57 Å². The molecular formula is C12H12F3ISi. The van der Waals surface area contributed by atoms with Gasteiger partial charge in [-0.1, -0.05) is 25.6 Å². The van der Waals surface area contributed by atoms with Crippen LogP contribution >= 0.6 is 22.6 Å². The van der Waals surface area contributed by atoms with E-state index < -0.39 is 19.8 Å². The molecule has 0 aromatic heterocycles. The number of hydrogen-bond acceptors (Lipinski definition) is 0. The van der Waals surface area contributed by atoms with E-state index in [1.54, 1.807) is 22.6 Å². The zero-order chi connectivity index (χ0) is 13.3. The van der Waals surface area contributed by atoms with Crippen LogP contribution < -0.4 is 0 Å². The van der Waals surface area contributed by atoms with Crippen LogP contribution in [0.25, 0.3) is 0 Å². The van der Waals surface area contributed by atoms with E-state index in [0.29, 0.717) is 5.56 Å². The molecule has 0 heterocycles. The smallest absolute Gasteiger partial charge is 0.166 e. The Balaban J connectivity index is 3.09. The van der Waals surface area contributed by atoms with Gasteiger partial charge in [0, 0.05) is 9.13 Å². The first-order chi connectivity index (χ1) is 7.59. The van der Waals surface area contributed by atoms with E-state index in [1.807, 2.05) is 0 Å². The van der Waals surface area contributed by atoms with Crippen molar-refractivity contribution >= 4 is 30.7 Å². The minimum atomic E-state index is -4.29. The fourth-order valence-electron chi connectivity index (χ4n) is 1.08. The van der Waals surface area contributed by atoms with Crippen LogP contribution in [-0.2, 0) is 6.18 Å². The number of rotatable bonds is 0. The SMILES string of the molecule is C[Si](C)(C)C#Cc1ccc(C(F)(F)F)c(I)c1. The zero-order valence-electron chi connectivity index (χ0n) is 9.74. The van der Waals surface area contributed by atoms with Gasteiger partial charge in [-0.25, -0.2) is 0 Å². The Morgan fingerprint density at radius 1 is 1.18 bits per heavy atom. The molecule has 0 unspecified atom stereocenters. The van der Waals surface area contributed by atoms with Crippen LogP contribution in [0, 0.1) is 15.0 Å². The number of halogens is 4. The predicted molar refractivity (Wildman–Crippen MR) is 74.4 cm³/mol. The van der Waals surface area contributed by atoms with Crippen molar-refractivity contribution in [2.45, 2.75) is 25.8 Å². The summed E-state index contributed by atoms with van der Waals surface area (Å²) in [5.74, 6) is 2.94. The summed E-state index contributed by atoms with van der Waals surface area (Å²) >= 11 is 1.70. The van der Waals surface area contributed by atoms with Crippen LogP contribution in [0.4, 0.5) is 13.2 Å². The summed E-state index contributed by atoms with van der Waals surface area (Å²) in [6.07, 6.45) is -4.29. The molecule has 0 saturated carbocycles. The standard InChI is InChI=1S/C12H12F3ISi/c1-17(2,3)7-6-9-4-5-10(11(16)8-9)12(13,14)15/h4-5,8H,1-3H3. The summed E-state index contributed by atoms with van der Waals surface area (Å²) in [7, 11) is -1.49. The lowest BCUT2D eigenvalue weighted by Crippen LogP contribution is -2.16. The van der Waals surface area contributed by atoms with Gasteiger partial charge >= 0.3 is 6.18 Å². The lowest BCUT2D eigenvalue weighted by atomic mass is 10.1. The number of benzene rings is 1. The third-order valence-electron chi connectivity index (χ3n) is 1.86. The van der Waals surface area contributed by atoms with Gasteiger partial charge < -0.3 is 0 Å².